The lowest BCUT2D eigenvalue weighted by atomic mass is 9.81. The van der Waals surface area contributed by atoms with Gasteiger partial charge in [-0.25, -0.2) is 0 Å². The van der Waals surface area contributed by atoms with Crippen LogP contribution < -0.4 is 4.74 Å². The number of hydrogen-bond acceptors (Lipinski definition) is 4. The van der Waals surface area contributed by atoms with Gasteiger partial charge in [-0.15, -0.1) is 11.3 Å². The molecule has 1 aliphatic carbocycles. The van der Waals surface area contributed by atoms with Gasteiger partial charge < -0.3 is 4.74 Å². The molecule has 0 radical (unpaired) electrons. The molecule has 35 heavy (non-hydrogen) atoms. The molecule has 0 bridgehead atoms. The molecule has 194 valence electrons. The van der Waals surface area contributed by atoms with Crippen molar-refractivity contribution in [3.63, 3.8) is 0 Å². The first kappa shape index (κ1) is 27.9. The normalized spacial score (nSPS) is 17.2. The van der Waals surface area contributed by atoms with E-state index in [9.17, 15) is 4.79 Å². The number of nitrogens with zero attached hydrogens (tertiary/aromatic N) is 1. The van der Waals surface area contributed by atoms with Crippen molar-refractivity contribution in [3.8, 4) is 5.75 Å². The van der Waals surface area contributed by atoms with E-state index in [4.69, 9.17) is 4.74 Å². The molecule has 1 aromatic heterocycles. The molecule has 3 unspecified atom stereocenters. The Labute approximate surface area is 218 Å². The topological polar surface area (TPSA) is 29.5 Å². The fraction of sp³-hybridized carbons (Fsp3) is 0.645. The maximum Gasteiger partial charge on any atom is 0.311 e. The van der Waals surface area contributed by atoms with E-state index in [-0.39, 0.29) is 5.97 Å². The summed E-state index contributed by atoms with van der Waals surface area (Å²) in [4.78, 5) is 17.2. The van der Waals surface area contributed by atoms with Crippen molar-refractivity contribution in [1.29, 1.82) is 0 Å². The van der Waals surface area contributed by atoms with Crippen molar-refractivity contribution >= 4 is 17.3 Å². The van der Waals surface area contributed by atoms with Gasteiger partial charge in [0.05, 0.1) is 0 Å². The Bertz CT molecular complexity index is 878. The highest BCUT2D eigenvalue weighted by Gasteiger charge is 2.27. The molecule has 2 aromatic rings. The smallest absolute Gasteiger partial charge is 0.311 e. The van der Waals surface area contributed by atoms with Crippen LogP contribution in [0.3, 0.4) is 0 Å². The van der Waals surface area contributed by atoms with Crippen molar-refractivity contribution in [3.05, 3.63) is 51.7 Å². The van der Waals surface area contributed by atoms with Crippen LogP contribution >= 0.6 is 11.3 Å². The number of esters is 1. The molecule has 0 saturated carbocycles. The third-order valence-corrected chi connectivity index (χ3v) is 8.76. The molecule has 0 fully saturated rings. The number of thiophene rings is 1. The summed E-state index contributed by atoms with van der Waals surface area (Å²) in [5.41, 5.74) is 2.63. The first-order valence-corrected chi connectivity index (χ1v) is 15.0. The zero-order valence-electron chi connectivity index (χ0n) is 22.6. The van der Waals surface area contributed by atoms with Gasteiger partial charge in [0.1, 0.15) is 5.75 Å². The second-order valence-corrected chi connectivity index (χ2v) is 11.4. The molecule has 3 rings (SSSR count). The average molecular weight is 498 g/mol. The fourth-order valence-electron chi connectivity index (χ4n) is 6.03. The van der Waals surface area contributed by atoms with Crippen LogP contribution in [-0.4, -0.2) is 30.0 Å². The molecular formula is C31H47NO2S. The zero-order valence-corrected chi connectivity index (χ0v) is 23.4. The Hall–Kier alpha value is -1.65. The second kappa shape index (κ2) is 14.8. The third-order valence-electron chi connectivity index (χ3n) is 7.83. The number of benzene rings is 1. The number of rotatable bonds is 15. The SMILES string of the molecule is CCCC(CC)C(CCC)CC(=O)Oc1cccc2c1CCC(N(CCC)CCc1cccs1)C2. The van der Waals surface area contributed by atoms with Gasteiger partial charge in [-0.2, -0.15) is 0 Å². The quantitative estimate of drug-likeness (QED) is 0.184. The Balaban J connectivity index is 1.64. The molecular weight excluding hydrogens is 450 g/mol. The summed E-state index contributed by atoms with van der Waals surface area (Å²) in [5.74, 6) is 1.83. The minimum absolute atomic E-state index is 0.0444. The summed E-state index contributed by atoms with van der Waals surface area (Å²) in [6, 6.07) is 11.3. The Morgan fingerprint density at radius 1 is 1.03 bits per heavy atom. The van der Waals surface area contributed by atoms with Gasteiger partial charge in [0, 0.05) is 23.9 Å². The predicted octanol–water partition coefficient (Wildman–Crippen LogP) is 8.10. The molecule has 1 heterocycles. The van der Waals surface area contributed by atoms with E-state index in [1.165, 1.54) is 35.3 Å². The lowest BCUT2D eigenvalue weighted by Gasteiger charge is -2.35. The van der Waals surface area contributed by atoms with Crippen LogP contribution in [0.4, 0.5) is 0 Å². The van der Waals surface area contributed by atoms with Crippen molar-refractivity contribution in [2.45, 2.75) is 104 Å². The Morgan fingerprint density at radius 2 is 1.83 bits per heavy atom. The van der Waals surface area contributed by atoms with Gasteiger partial charge in [-0.1, -0.05) is 71.6 Å². The van der Waals surface area contributed by atoms with Crippen LogP contribution in [0.1, 0.15) is 95.1 Å². The average Bonchev–Trinajstić information content (AvgIpc) is 3.38. The van der Waals surface area contributed by atoms with Crippen LogP contribution in [0.5, 0.6) is 5.75 Å². The van der Waals surface area contributed by atoms with Crippen molar-refractivity contribution in [2.24, 2.45) is 11.8 Å². The molecule has 1 aliphatic rings. The summed E-state index contributed by atoms with van der Waals surface area (Å²) in [6.45, 7) is 11.3. The Kier molecular flexibility index (Phi) is 11.8. The van der Waals surface area contributed by atoms with Gasteiger partial charge >= 0.3 is 5.97 Å². The number of hydrogen-bond donors (Lipinski definition) is 0. The number of carbonyl (C=O) groups excluding carboxylic acids is 1. The minimum atomic E-state index is -0.0444. The lowest BCUT2D eigenvalue weighted by molar-refractivity contribution is -0.136. The maximum atomic E-state index is 13.0. The monoisotopic (exact) mass is 497 g/mol. The van der Waals surface area contributed by atoms with E-state index in [0.717, 1.165) is 63.8 Å². The van der Waals surface area contributed by atoms with Crippen LogP contribution in [0, 0.1) is 11.8 Å². The van der Waals surface area contributed by atoms with Crippen molar-refractivity contribution < 1.29 is 9.53 Å². The van der Waals surface area contributed by atoms with Gasteiger partial charge in [0.2, 0.25) is 0 Å². The molecule has 0 spiro atoms. The summed E-state index contributed by atoms with van der Waals surface area (Å²) in [5, 5.41) is 2.18. The van der Waals surface area contributed by atoms with Crippen molar-refractivity contribution in [1.82, 2.24) is 4.90 Å². The van der Waals surface area contributed by atoms with Gasteiger partial charge in [-0.05, 0) is 85.5 Å². The van der Waals surface area contributed by atoms with Gasteiger partial charge in [0.15, 0.2) is 0 Å². The third kappa shape index (κ3) is 8.18. The fourth-order valence-corrected chi connectivity index (χ4v) is 6.73. The standard InChI is InChI=1S/C31H47NO2S/c1-5-11-24(8-4)25(12-6-2)23-31(33)34-30-15-9-13-26-22-27(16-17-29(26)30)32(19-7-3)20-18-28-14-10-21-35-28/h9-10,13-15,21,24-25,27H,5-8,11-12,16-20,22-23H2,1-4H3. The van der Waals surface area contributed by atoms with E-state index in [0.29, 0.717) is 24.3 Å². The summed E-state index contributed by atoms with van der Waals surface area (Å²) >= 11 is 1.86. The molecule has 0 aliphatic heterocycles. The molecule has 3 nitrogen and oxygen atoms in total. The largest absolute Gasteiger partial charge is 0.426 e. The van der Waals surface area contributed by atoms with Crippen molar-refractivity contribution in [2.75, 3.05) is 13.1 Å². The van der Waals surface area contributed by atoms with Crippen LogP contribution in [-0.2, 0) is 24.1 Å². The highest BCUT2D eigenvalue weighted by molar-refractivity contribution is 7.09. The summed E-state index contributed by atoms with van der Waals surface area (Å²) < 4.78 is 6.05. The first-order chi connectivity index (χ1) is 17.1. The van der Waals surface area contributed by atoms with E-state index in [1.807, 2.05) is 17.4 Å². The molecule has 1 aromatic carbocycles. The molecule has 0 N–H and O–H groups in total. The summed E-state index contributed by atoms with van der Waals surface area (Å²) in [6.07, 6.45) is 11.8. The van der Waals surface area contributed by atoms with Crippen LogP contribution in [0.25, 0.3) is 0 Å². The maximum absolute atomic E-state index is 13.0. The molecule has 0 amide bonds. The first-order valence-electron chi connectivity index (χ1n) is 14.2. The summed E-state index contributed by atoms with van der Waals surface area (Å²) in [7, 11) is 0. The highest BCUT2D eigenvalue weighted by Crippen LogP contribution is 2.33. The lowest BCUT2D eigenvalue weighted by Crippen LogP contribution is -2.41. The van der Waals surface area contributed by atoms with E-state index >= 15 is 0 Å². The predicted molar refractivity (Wildman–Crippen MR) is 149 cm³/mol. The van der Waals surface area contributed by atoms with Crippen LogP contribution in [0.2, 0.25) is 0 Å². The number of fused-ring (bicyclic) bond motifs is 1. The number of carbonyl (C=O) groups is 1. The molecule has 3 atom stereocenters. The van der Waals surface area contributed by atoms with Gasteiger partial charge in [0.25, 0.3) is 0 Å². The zero-order chi connectivity index (χ0) is 25.0. The number of ether oxygens (including phenoxy) is 1. The van der Waals surface area contributed by atoms with E-state index in [2.05, 4.69) is 62.2 Å². The highest BCUT2D eigenvalue weighted by atomic mass is 32.1. The van der Waals surface area contributed by atoms with Crippen LogP contribution in [0.15, 0.2) is 35.7 Å². The van der Waals surface area contributed by atoms with E-state index in [1.54, 1.807) is 0 Å². The van der Waals surface area contributed by atoms with E-state index < -0.39 is 0 Å². The Morgan fingerprint density at radius 3 is 2.51 bits per heavy atom. The molecule has 4 heteroatoms. The second-order valence-electron chi connectivity index (χ2n) is 10.3. The van der Waals surface area contributed by atoms with Gasteiger partial charge in [-0.3, -0.25) is 9.69 Å². The molecule has 0 saturated heterocycles. The minimum Gasteiger partial charge on any atom is -0.426 e.